The number of halogens is 3. The molecule has 9 nitrogen and oxygen atoms in total. The standard InChI is InChI=1S/C30H29ClF2N8OS/c1-18-27(21-12-34-39(2)13-21)38-41(23-6-4-3-5-7-23)28(18)37-30(42)36-26-16-40(15-22-17-43-29(31)35-22)14-20(26)10-19-8-9-24(32)25(33)11-19/h3-9,11-13,17,20,26H,10,14-16H2,1-2H3,(H2,36,37,42). The number of benzene rings is 2. The summed E-state index contributed by atoms with van der Waals surface area (Å²) in [5, 5.41) is 17.2. The maximum atomic E-state index is 14.0. The maximum Gasteiger partial charge on any atom is 0.320 e. The van der Waals surface area contributed by atoms with Gasteiger partial charge in [-0.2, -0.15) is 10.2 Å². The number of aromatic nitrogens is 5. The third-order valence-corrected chi connectivity index (χ3v) is 8.59. The molecule has 5 aromatic rings. The fraction of sp³-hybridized carbons (Fsp3) is 0.267. The normalized spacial score (nSPS) is 17.0. The van der Waals surface area contributed by atoms with E-state index in [1.165, 1.54) is 17.4 Å². The van der Waals surface area contributed by atoms with Crippen molar-refractivity contribution in [3.8, 4) is 16.9 Å². The number of amides is 2. The van der Waals surface area contributed by atoms with Gasteiger partial charge in [-0.25, -0.2) is 23.2 Å². The Morgan fingerprint density at radius 1 is 1.14 bits per heavy atom. The van der Waals surface area contributed by atoms with Crippen LogP contribution in [-0.2, 0) is 20.0 Å². The highest BCUT2D eigenvalue weighted by Gasteiger charge is 2.35. The van der Waals surface area contributed by atoms with Crippen LogP contribution in [0.15, 0.2) is 66.3 Å². The van der Waals surface area contributed by atoms with E-state index >= 15 is 0 Å². The summed E-state index contributed by atoms with van der Waals surface area (Å²) < 4.78 is 31.5. The molecule has 2 unspecified atom stereocenters. The number of aryl methyl sites for hydroxylation is 1. The zero-order chi connectivity index (χ0) is 30.1. The van der Waals surface area contributed by atoms with Crippen molar-refractivity contribution in [3.05, 3.63) is 99.2 Å². The van der Waals surface area contributed by atoms with Gasteiger partial charge in [0.2, 0.25) is 0 Å². The van der Waals surface area contributed by atoms with Crippen LogP contribution in [0.4, 0.5) is 19.4 Å². The van der Waals surface area contributed by atoms with E-state index in [1.54, 1.807) is 21.6 Å². The molecule has 4 heterocycles. The molecule has 2 atom stereocenters. The summed E-state index contributed by atoms with van der Waals surface area (Å²) >= 11 is 7.41. The Labute approximate surface area is 256 Å². The molecule has 0 bridgehead atoms. The molecule has 2 amide bonds. The highest BCUT2D eigenvalue weighted by Crippen LogP contribution is 2.31. The zero-order valence-corrected chi connectivity index (χ0v) is 25.0. The van der Waals surface area contributed by atoms with Crippen molar-refractivity contribution in [2.45, 2.75) is 25.9 Å². The number of carbonyl (C=O) groups is 1. The van der Waals surface area contributed by atoms with Gasteiger partial charge in [0.05, 0.1) is 17.6 Å². The van der Waals surface area contributed by atoms with Crippen LogP contribution in [-0.4, -0.2) is 54.6 Å². The molecule has 2 N–H and O–H groups in total. The Bertz CT molecular complexity index is 1750. The summed E-state index contributed by atoms with van der Waals surface area (Å²) in [6.07, 6.45) is 4.07. The SMILES string of the molecule is Cc1c(-c2cnn(C)c2)nn(-c2ccccc2)c1NC(=O)NC1CN(Cc2csc(Cl)n2)CC1Cc1ccc(F)c(F)c1. The van der Waals surface area contributed by atoms with E-state index in [0.29, 0.717) is 47.6 Å². The lowest BCUT2D eigenvalue weighted by Crippen LogP contribution is -2.43. The van der Waals surface area contributed by atoms with Crippen LogP contribution in [0.5, 0.6) is 0 Å². The maximum absolute atomic E-state index is 14.0. The molecular weight excluding hydrogens is 594 g/mol. The molecular formula is C30H29ClF2N8OS. The lowest BCUT2D eigenvalue weighted by Gasteiger charge is -2.21. The number of nitrogens with zero attached hydrogens (tertiary/aromatic N) is 6. The van der Waals surface area contributed by atoms with Gasteiger partial charge < -0.3 is 5.32 Å². The molecule has 0 aliphatic carbocycles. The first-order valence-corrected chi connectivity index (χ1v) is 15.0. The first-order valence-electron chi connectivity index (χ1n) is 13.7. The Morgan fingerprint density at radius 3 is 2.65 bits per heavy atom. The molecule has 1 saturated heterocycles. The quantitative estimate of drug-likeness (QED) is 0.227. The van der Waals surface area contributed by atoms with Gasteiger partial charge in [0.25, 0.3) is 0 Å². The average Bonchev–Trinajstić information content (AvgIpc) is 3.76. The fourth-order valence-corrected chi connectivity index (χ4v) is 6.31. The second kappa shape index (κ2) is 12.2. The van der Waals surface area contributed by atoms with Gasteiger partial charge in [0.1, 0.15) is 11.5 Å². The second-order valence-electron chi connectivity index (χ2n) is 10.7. The summed E-state index contributed by atoms with van der Waals surface area (Å²) in [6, 6.07) is 12.8. The lowest BCUT2D eigenvalue weighted by molar-refractivity contribution is 0.245. The van der Waals surface area contributed by atoms with Crippen molar-refractivity contribution < 1.29 is 13.6 Å². The number of nitrogens with one attached hydrogen (secondary N) is 2. The van der Waals surface area contributed by atoms with Crippen LogP contribution < -0.4 is 10.6 Å². The number of rotatable bonds is 8. The van der Waals surface area contributed by atoms with Crippen molar-refractivity contribution in [2.75, 3.05) is 18.4 Å². The van der Waals surface area contributed by atoms with E-state index in [4.69, 9.17) is 16.7 Å². The van der Waals surface area contributed by atoms with Gasteiger partial charge in [-0.15, -0.1) is 11.3 Å². The van der Waals surface area contributed by atoms with Gasteiger partial charge >= 0.3 is 6.03 Å². The molecule has 13 heteroatoms. The van der Waals surface area contributed by atoms with E-state index in [2.05, 4.69) is 25.6 Å². The predicted octanol–water partition coefficient (Wildman–Crippen LogP) is 5.83. The van der Waals surface area contributed by atoms with Gasteiger partial charge in [0.15, 0.2) is 16.1 Å². The fourth-order valence-electron chi connectivity index (χ4n) is 5.54. The molecule has 3 aromatic heterocycles. The van der Waals surface area contributed by atoms with Crippen LogP contribution >= 0.6 is 22.9 Å². The van der Waals surface area contributed by atoms with Crippen molar-refractivity contribution in [2.24, 2.45) is 13.0 Å². The molecule has 1 aliphatic heterocycles. The average molecular weight is 623 g/mol. The Morgan fingerprint density at radius 2 is 1.95 bits per heavy atom. The van der Waals surface area contributed by atoms with E-state index in [1.807, 2.05) is 55.9 Å². The summed E-state index contributed by atoms with van der Waals surface area (Å²) in [7, 11) is 1.84. The van der Waals surface area contributed by atoms with E-state index in [0.717, 1.165) is 28.6 Å². The van der Waals surface area contributed by atoms with Gasteiger partial charge in [-0.05, 0) is 49.1 Å². The minimum atomic E-state index is -0.888. The van der Waals surface area contributed by atoms with Gasteiger partial charge in [0, 0.05) is 55.4 Å². The molecule has 6 rings (SSSR count). The van der Waals surface area contributed by atoms with E-state index in [-0.39, 0.29) is 12.0 Å². The largest absolute Gasteiger partial charge is 0.333 e. The van der Waals surface area contributed by atoms with Crippen molar-refractivity contribution in [3.63, 3.8) is 0 Å². The molecule has 0 spiro atoms. The lowest BCUT2D eigenvalue weighted by atomic mass is 9.95. The molecule has 222 valence electrons. The first-order chi connectivity index (χ1) is 20.7. The van der Waals surface area contributed by atoms with Crippen LogP contribution in [0.25, 0.3) is 16.9 Å². The summed E-state index contributed by atoms with van der Waals surface area (Å²) in [4.78, 5) is 20.1. The summed E-state index contributed by atoms with van der Waals surface area (Å²) in [6.45, 7) is 3.65. The number of para-hydroxylation sites is 1. The van der Waals surface area contributed by atoms with Gasteiger partial charge in [-0.1, -0.05) is 35.9 Å². The second-order valence-corrected chi connectivity index (χ2v) is 12.1. The number of hydrogen-bond acceptors (Lipinski definition) is 6. The molecule has 2 aromatic carbocycles. The molecule has 0 saturated carbocycles. The molecule has 0 radical (unpaired) electrons. The number of carbonyl (C=O) groups excluding carboxylic acids is 1. The number of urea groups is 1. The van der Waals surface area contributed by atoms with Crippen molar-refractivity contribution in [1.29, 1.82) is 0 Å². The monoisotopic (exact) mass is 622 g/mol. The molecule has 43 heavy (non-hydrogen) atoms. The van der Waals surface area contributed by atoms with Crippen molar-refractivity contribution >= 4 is 34.8 Å². The minimum absolute atomic E-state index is 0.0594. The Hall–Kier alpha value is -4.13. The smallest absolute Gasteiger partial charge is 0.320 e. The highest BCUT2D eigenvalue weighted by molar-refractivity contribution is 7.13. The third kappa shape index (κ3) is 6.46. The summed E-state index contributed by atoms with van der Waals surface area (Å²) in [5.74, 6) is -1.30. The van der Waals surface area contributed by atoms with E-state index < -0.39 is 17.7 Å². The van der Waals surface area contributed by atoms with Crippen LogP contribution in [0.2, 0.25) is 4.47 Å². The number of anilines is 1. The number of thiazole rings is 1. The zero-order valence-electron chi connectivity index (χ0n) is 23.5. The Kier molecular flexibility index (Phi) is 8.24. The van der Waals surface area contributed by atoms with Crippen LogP contribution in [0, 0.1) is 24.5 Å². The third-order valence-electron chi connectivity index (χ3n) is 7.56. The van der Waals surface area contributed by atoms with E-state index in [9.17, 15) is 13.6 Å². The van der Waals surface area contributed by atoms with Gasteiger partial charge in [-0.3, -0.25) is 14.9 Å². The van der Waals surface area contributed by atoms with Crippen LogP contribution in [0.3, 0.4) is 0 Å². The van der Waals surface area contributed by atoms with Crippen molar-refractivity contribution in [1.82, 2.24) is 34.8 Å². The van der Waals surface area contributed by atoms with Crippen LogP contribution in [0.1, 0.15) is 16.8 Å². The number of hydrogen-bond donors (Lipinski definition) is 2. The molecule has 1 fully saturated rings. The minimum Gasteiger partial charge on any atom is -0.333 e. The molecule has 1 aliphatic rings. The summed E-state index contributed by atoms with van der Waals surface area (Å²) in [5.41, 5.74) is 4.63. The first kappa shape index (κ1) is 29.0. The highest BCUT2D eigenvalue weighted by atomic mass is 35.5. The topological polar surface area (TPSA) is 92.9 Å². The number of likely N-dealkylation sites (tertiary alicyclic amines) is 1. The Balaban J connectivity index is 1.25. The predicted molar refractivity (Wildman–Crippen MR) is 162 cm³/mol.